The van der Waals surface area contributed by atoms with Gasteiger partial charge in [-0.1, -0.05) is 0 Å². The van der Waals surface area contributed by atoms with Gasteiger partial charge in [-0.3, -0.25) is 14.4 Å². The van der Waals surface area contributed by atoms with Gasteiger partial charge >= 0.3 is 5.97 Å². The SMILES string of the molecule is CC1C(C(=O)O)CCN1C(=O)c1ccc(N2CCCC2=O)cc1. The number of likely N-dealkylation sites (tertiary alicyclic amines) is 1. The lowest BCUT2D eigenvalue weighted by Gasteiger charge is -2.23. The highest BCUT2D eigenvalue weighted by Crippen LogP contribution is 2.27. The molecule has 6 heteroatoms. The Morgan fingerprint density at radius 1 is 1.17 bits per heavy atom. The Morgan fingerprint density at radius 2 is 1.87 bits per heavy atom. The molecule has 2 unspecified atom stereocenters. The minimum atomic E-state index is -0.851. The molecule has 2 heterocycles. The number of anilines is 1. The maximum Gasteiger partial charge on any atom is 0.308 e. The first-order valence-electron chi connectivity index (χ1n) is 7.93. The lowest BCUT2D eigenvalue weighted by atomic mass is 10.0. The van der Waals surface area contributed by atoms with Crippen LogP contribution in [0.5, 0.6) is 0 Å². The van der Waals surface area contributed by atoms with Crippen LogP contribution in [0.1, 0.15) is 36.5 Å². The van der Waals surface area contributed by atoms with Crippen molar-refractivity contribution in [2.24, 2.45) is 5.92 Å². The van der Waals surface area contributed by atoms with Crippen molar-refractivity contribution in [1.29, 1.82) is 0 Å². The number of carboxylic acids is 1. The molecule has 2 atom stereocenters. The Hall–Kier alpha value is -2.37. The van der Waals surface area contributed by atoms with Crippen LogP contribution in [-0.4, -0.2) is 46.9 Å². The molecule has 1 N–H and O–H groups in total. The molecule has 2 aliphatic rings. The Bertz CT molecular complexity index is 640. The molecule has 2 saturated heterocycles. The van der Waals surface area contributed by atoms with E-state index in [1.165, 1.54) is 0 Å². The van der Waals surface area contributed by atoms with E-state index < -0.39 is 11.9 Å². The maximum atomic E-state index is 12.6. The summed E-state index contributed by atoms with van der Waals surface area (Å²) in [4.78, 5) is 38.8. The first-order chi connectivity index (χ1) is 11.0. The number of amides is 2. The molecule has 1 aromatic rings. The Kier molecular flexibility index (Phi) is 4.07. The largest absolute Gasteiger partial charge is 0.481 e. The smallest absolute Gasteiger partial charge is 0.308 e. The standard InChI is InChI=1S/C17H20N2O4/c1-11-14(17(22)23)8-10-18(11)16(21)12-4-6-13(7-5-12)19-9-2-3-15(19)20/h4-7,11,14H,2-3,8-10H2,1H3,(H,22,23). The van der Waals surface area contributed by atoms with Crippen molar-refractivity contribution in [2.75, 3.05) is 18.0 Å². The summed E-state index contributed by atoms with van der Waals surface area (Å²) in [7, 11) is 0. The van der Waals surface area contributed by atoms with Crippen molar-refractivity contribution in [3.8, 4) is 0 Å². The summed E-state index contributed by atoms with van der Waals surface area (Å²) in [6, 6.07) is 6.69. The van der Waals surface area contributed by atoms with Crippen molar-refractivity contribution in [3.63, 3.8) is 0 Å². The molecule has 0 radical (unpaired) electrons. The molecule has 0 aromatic heterocycles. The summed E-state index contributed by atoms with van der Waals surface area (Å²) < 4.78 is 0. The molecule has 0 saturated carbocycles. The minimum absolute atomic E-state index is 0.113. The number of nitrogens with zero attached hydrogens (tertiary/aromatic N) is 2. The van der Waals surface area contributed by atoms with E-state index in [1.54, 1.807) is 41.0 Å². The second kappa shape index (κ2) is 6.02. The molecule has 3 rings (SSSR count). The zero-order valence-electron chi connectivity index (χ0n) is 13.1. The average molecular weight is 316 g/mol. The first-order valence-corrected chi connectivity index (χ1v) is 7.93. The molecule has 23 heavy (non-hydrogen) atoms. The number of aliphatic carboxylic acids is 1. The maximum absolute atomic E-state index is 12.6. The lowest BCUT2D eigenvalue weighted by Crippen LogP contribution is -2.37. The molecular formula is C17H20N2O4. The number of rotatable bonds is 3. The summed E-state index contributed by atoms with van der Waals surface area (Å²) >= 11 is 0. The van der Waals surface area contributed by atoms with Crippen LogP contribution < -0.4 is 4.90 Å². The van der Waals surface area contributed by atoms with Crippen molar-refractivity contribution in [1.82, 2.24) is 4.90 Å². The molecule has 2 amide bonds. The predicted octanol–water partition coefficient (Wildman–Crippen LogP) is 1.75. The third-order valence-electron chi connectivity index (χ3n) is 4.83. The zero-order valence-corrected chi connectivity index (χ0v) is 13.1. The number of hydrogen-bond acceptors (Lipinski definition) is 3. The third-order valence-corrected chi connectivity index (χ3v) is 4.83. The van der Waals surface area contributed by atoms with Gasteiger partial charge in [-0.15, -0.1) is 0 Å². The zero-order chi connectivity index (χ0) is 16.6. The van der Waals surface area contributed by atoms with E-state index in [4.69, 9.17) is 5.11 Å². The highest BCUT2D eigenvalue weighted by molar-refractivity contribution is 5.98. The van der Waals surface area contributed by atoms with Crippen LogP contribution in [-0.2, 0) is 9.59 Å². The number of carbonyl (C=O) groups excluding carboxylic acids is 2. The van der Waals surface area contributed by atoms with Crippen LogP contribution in [0.2, 0.25) is 0 Å². The molecule has 0 bridgehead atoms. The fraction of sp³-hybridized carbons (Fsp3) is 0.471. The normalized spacial score (nSPS) is 24.3. The van der Waals surface area contributed by atoms with E-state index in [0.29, 0.717) is 24.9 Å². The van der Waals surface area contributed by atoms with Crippen LogP contribution in [0, 0.1) is 5.92 Å². The van der Waals surface area contributed by atoms with Gasteiger partial charge in [-0.25, -0.2) is 0 Å². The topological polar surface area (TPSA) is 77.9 Å². The van der Waals surface area contributed by atoms with Crippen molar-refractivity contribution in [3.05, 3.63) is 29.8 Å². The Labute approximate surface area is 134 Å². The summed E-state index contributed by atoms with van der Waals surface area (Å²) in [5, 5.41) is 9.16. The van der Waals surface area contributed by atoms with Gasteiger partial charge in [0.2, 0.25) is 5.91 Å². The fourth-order valence-electron chi connectivity index (χ4n) is 3.43. The van der Waals surface area contributed by atoms with E-state index in [1.807, 2.05) is 0 Å². The predicted molar refractivity (Wildman–Crippen MR) is 84.3 cm³/mol. The van der Waals surface area contributed by atoms with E-state index in [9.17, 15) is 14.4 Å². The van der Waals surface area contributed by atoms with Crippen LogP contribution in [0.15, 0.2) is 24.3 Å². The van der Waals surface area contributed by atoms with Gasteiger partial charge in [-0.2, -0.15) is 0 Å². The van der Waals surface area contributed by atoms with Gasteiger partial charge in [0, 0.05) is 36.8 Å². The molecular weight excluding hydrogens is 296 g/mol. The number of benzene rings is 1. The first kappa shape index (κ1) is 15.5. The number of carbonyl (C=O) groups is 3. The van der Waals surface area contributed by atoms with E-state index >= 15 is 0 Å². The second-order valence-corrected chi connectivity index (χ2v) is 6.17. The Morgan fingerprint density at radius 3 is 2.39 bits per heavy atom. The summed E-state index contributed by atoms with van der Waals surface area (Å²) in [5.74, 6) is -1.39. The molecule has 2 aliphatic heterocycles. The van der Waals surface area contributed by atoms with Crippen LogP contribution >= 0.6 is 0 Å². The lowest BCUT2D eigenvalue weighted by molar-refractivity contribution is -0.142. The van der Waals surface area contributed by atoms with Gasteiger partial charge in [0.1, 0.15) is 0 Å². The summed E-state index contributed by atoms with van der Waals surface area (Å²) in [5.41, 5.74) is 1.33. The van der Waals surface area contributed by atoms with Gasteiger partial charge in [0.15, 0.2) is 0 Å². The van der Waals surface area contributed by atoms with Crippen LogP contribution in [0.3, 0.4) is 0 Å². The van der Waals surface area contributed by atoms with Gasteiger partial charge in [0.25, 0.3) is 5.91 Å². The summed E-state index contributed by atoms with van der Waals surface area (Å²) in [6.07, 6.45) is 1.92. The fourth-order valence-corrected chi connectivity index (χ4v) is 3.43. The molecule has 6 nitrogen and oxygen atoms in total. The minimum Gasteiger partial charge on any atom is -0.481 e. The monoisotopic (exact) mass is 316 g/mol. The van der Waals surface area contributed by atoms with Crippen LogP contribution in [0.25, 0.3) is 0 Å². The van der Waals surface area contributed by atoms with Crippen molar-refractivity contribution >= 4 is 23.5 Å². The van der Waals surface area contributed by atoms with Crippen LogP contribution in [0.4, 0.5) is 5.69 Å². The van der Waals surface area contributed by atoms with E-state index in [-0.39, 0.29) is 17.9 Å². The Balaban J connectivity index is 1.73. The third kappa shape index (κ3) is 2.81. The highest BCUT2D eigenvalue weighted by atomic mass is 16.4. The molecule has 0 spiro atoms. The van der Waals surface area contributed by atoms with Gasteiger partial charge in [0.05, 0.1) is 5.92 Å². The van der Waals surface area contributed by atoms with E-state index in [0.717, 1.165) is 18.7 Å². The van der Waals surface area contributed by atoms with Crippen molar-refractivity contribution in [2.45, 2.75) is 32.2 Å². The van der Waals surface area contributed by atoms with E-state index in [2.05, 4.69) is 0 Å². The van der Waals surface area contributed by atoms with Crippen molar-refractivity contribution < 1.29 is 19.5 Å². The quantitative estimate of drug-likeness (QED) is 0.921. The average Bonchev–Trinajstić information content (AvgIpc) is 3.12. The van der Waals surface area contributed by atoms with Gasteiger partial charge < -0.3 is 14.9 Å². The molecule has 1 aromatic carbocycles. The molecule has 2 fully saturated rings. The second-order valence-electron chi connectivity index (χ2n) is 6.17. The summed E-state index contributed by atoms with van der Waals surface area (Å²) in [6.45, 7) is 2.96. The molecule has 122 valence electrons. The highest BCUT2D eigenvalue weighted by Gasteiger charge is 2.38. The molecule has 0 aliphatic carbocycles. The van der Waals surface area contributed by atoms with Gasteiger partial charge in [-0.05, 0) is 44.0 Å². The number of hydrogen-bond donors (Lipinski definition) is 1. The number of carboxylic acid groups (broad SMARTS) is 1.